The van der Waals surface area contributed by atoms with Gasteiger partial charge in [0.2, 0.25) is 0 Å². The van der Waals surface area contributed by atoms with Crippen molar-refractivity contribution in [3.05, 3.63) is 35.8 Å². The monoisotopic (exact) mass is 271 g/mol. The van der Waals surface area contributed by atoms with E-state index in [4.69, 9.17) is 15.5 Å². The maximum Gasteiger partial charge on any atom is 0.127 e. The summed E-state index contributed by atoms with van der Waals surface area (Å²) in [5, 5.41) is 0. The van der Waals surface area contributed by atoms with E-state index in [1.165, 1.54) is 12.8 Å². The lowest BCUT2D eigenvalue weighted by atomic mass is 9.99. The normalized spacial score (nSPS) is 17.4. The SMILES string of the molecule is COc1ccc(-c2nc(C3(N)CCCC3)[nH]c2C)cc1. The number of benzene rings is 1. The second kappa shape index (κ2) is 4.94. The molecule has 0 aliphatic heterocycles. The number of hydrogen-bond acceptors (Lipinski definition) is 3. The van der Waals surface area contributed by atoms with E-state index < -0.39 is 0 Å². The summed E-state index contributed by atoms with van der Waals surface area (Å²) in [6.45, 7) is 2.05. The lowest BCUT2D eigenvalue weighted by molar-refractivity contribution is 0.415. The minimum atomic E-state index is -0.268. The highest BCUT2D eigenvalue weighted by atomic mass is 16.5. The van der Waals surface area contributed by atoms with Gasteiger partial charge >= 0.3 is 0 Å². The number of ether oxygens (including phenoxy) is 1. The van der Waals surface area contributed by atoms with E-state index in [0.717, 1.165) is 41.4 Å². The minimum Gasteiger partial charge on any atom is -0.497 e. The van der Waals surface area contributed by atoms with Crippen LogP contribution >= 0.6 is 0 Å². The average Bonchev–Trinajstić information content (AvgIpc) is 3.06. The van der Waals surface area contributed by atoms with Crippen LogP contribution in [-0.2, 0) is 5.54 Å². The van der Waals surface area contributed by atoms with Crippen LogP contribution in [0, 0.1) is 6.92 Å². The second-order valence-corrected chi connectivity index (χ2v) is 5.65. The average molecular weight is 271 g/mol. The second-order valence-electron chi connectivity index (χ2n) is 5.65. The van der Waals surface area contributed by atoms with Crippen molar-refractivity contribution >= 4 is 0 Å². The maximum absolute atomic E-state index is 6.47. The zero-order valence-corrected chi connectivity index (χ0v) is 12.1. The van der Waals surface area contributed by atoms with Gasteiger partial charge in [-0.15, -0.1) is 0 Å². The Balaban J connectivity index is 1.95. The number of rotatable bonds is 3. The number of nitrogens with two attached hydrogens (primary N) is 1. The van der Waals surface area contributed by atoms with Crippen molar-refractivity contribution in [3.8, 4) is 17.0 Å². The first-order chi connectivity index (χ1) is 9.62. The van der Waals surface area contributed by atoms with E-state index in [1.54, 1.807) is 7.11 Å². The topological polar surface area (TPSA) is 63.9 Å². The fourth-order valence-electron chi connectivity index (χ4n) is 2.97. The van der Waals surface area contributed by atoms with Gasteiger partial charge in [-0.2, -0.15) is 0 Å². The van der Waals surface area contributed by atoms with E-state index in [9.17, 15) is 0 Å². The molecule has 1 heterocycles. The van der Waals surface area contributed by atoms with Crippen molar-refractivity contribution < 1.29 is 4.74 Å². The lowest BCUT2D eigenvalue weighted by Crippen LogP contribution is -2.34. The van der Waals surface area contributed by atoms with E-state index in [1.807, 2.05) is 31.2 Å². The Bertz CT molecular complexity index is 595. The molecule has 2 aromatic rings. The molecule has 1 fully saturated rings. The predicted octanol–water partition coefficient (Wildman–Crippen LogP) is 3.12. The number of aromatic amines is 1. The van der Waals surface area contributed by atoms with Crippen molar-refractivity contribution in [2.24, 2.45) is 5.73 Å². The van der Waals surface area contributed by atoms with Gasteiger partial charge in [-0.1, -0.05) is 12.8 Å². The summed E-state index contributed by atoms with van der Waals surface area (Å²) in [6.07, 6.45) is 4.41. The molecule has 4 nitrogen and oxygen atoms in total. The molecule has 1 aromatic heterocycles. The van der Waals surface area contributed by atoms with Gasteiger partial charge in [0.05, 0.1) is 18.3 Å². The highest BCUT2D eigenvalue weighted by molar-refractivity contribution is 5.63. The Hall–Kier alpha value is -1.81. The van der Waals surface area contributed by atoms with Gasteiger partial charge in [-0.25, -0.2) is 4.98 Å². The van der Waals surface area contributed by atoms with E-state index in [2.05, 4.69) is 4.98 Å². The number of aryl methyl sites for hydroxylation is 1. The van der Waals surface area contributed by atoms with Gasteiger partial charge in [0, 0.05) is 11.3 Å². The van der Waals surface area contributed by atoms with Gasteiger partial charge < -0.3 is 15.5 Å². The number of nitrogens with zero attached hydrogens (tertiary/aromatic N) is 1. The first-order valence-electron chi connectivity index (χ1n) is 7.13. The summed E-state index contributed by atoms with van der Waals surface area (Å²) in [7, 11) is 1.67. The molecule has 0 radical (unpaired) electrons. The Kier molecular flexibility index (Phi) is 3.26. The summed E-state index contributed by atoms with van der Waals surface area (Å²) < 4.78 is 5.19. The summed E-state index contributed by atoms with van der Waals surface area (Å²) in [6, 6.07) is 7.97. The third-order valence-corrected chi connectivity index (χ3v) is 4.22. The Morgan fingerprint density at radius 3 is 2.45 bits per heavy atom. The third-order valence-electron chi connectivity index (χ3n) is 4.22. The van der Waals surface area contributed by atoms with Gasteiger partial charge in [0.1, 0.15) is 11.6 Å². The number of aromatic nitrogens is 2. The molecule has 0 amide bonds. The van der Waals surface area contributed by atoms with Gasteiger partial charge in [-0.05, 0) is 44.0 Å². The largest absolute Gasteiger partial charge is 0.497 e. The molecule has 1 aromatic carbocycles. The molecule has 3 N–H and O–H groups in total. The van der Waals surface area contributed by atoms with Gasteiger partial charge in [0.15, 0.2) is 0 Å². The Morgan fingerprint density at radius 2 is 1.85 bits per heavy atom. The first kappa shape index (κ1) is 13.2. The molecule has 0 bridgehead atoms. The van der Waals surface area contributed by atoms with Crippen LogP contribution in [0.3, 0.4) is 0 Å². The molecule has 3 rings (SSSR count). The molecule has 1 aliphatic rings. The quantitative estimate of drug-likeness (QED) is 0.901. The smallest absolute Gasteiger partial charge is 0.127 e. The van der Waals surface area contributed by atoms with Crippen LogP contribution in [0.5, 0.6) is 5.75 Å². The third kappa shape index (κ3) is 2.20. The van der Waals surface area contributed by atoms with Gasteiger partial charge in [-0.3, -0.25) is 0 Å². The summed E-state index contributed by atoms with van der Waals surface area (Å²) in [5.74, 6) is 1.78. The van der Waals surface area contributed by atoms with Gasteiger partial charge in [0.25, 0.3) is 0 Å². The first-order valence-corrected chi connectivity index (χ1v) is 7.13. The molecular formula is C16H21N3O. The molecule has 20 heavy (non-hydrogen) atoms. The van der Waals surface area contributed by atoms with Crippen molar-refractivity contribution in [3.63, 3.8) is 0 Å². The van der Waals surface area contributed by atoms with Crippen LogP contribution in [0.4, 0.5) is 0 Å². The number of nitrogens with one attached hydrogen (secondary N) is 1. The van der Waals surface area contributed by atoms with Crippen molar-refractivity contribution in [1.29, 1.82) is 0 Å². The maximum atomic E-state index is 6.47. The van der Waals surface area contributed by atoms with E-state index in [-0.39, 0.29) is 5.54 Å². The molecule has 0 unspecified atom stereocenters. The number of hydrogen-bond donors (Lipinski definition) is 2. The fourth-order valence-corrected chi connectivity index (χ4v) is 2.97. The van der Waals surface area contributed by atoms with Crippen LogP contribution in [0.15, 0.2) is 24.3 Å². The highest BCUT2D eigenvalue weighted by Crippen LogP contribution is 2.36. The molecule has 0 spiro atoms. The van der Waals surface area contributed by atoms with E-state index in [0.29, 0.717) is 0 Å². The van der Waals surface area contributed by atoms with Crippen molar-refractivity contribution in [2.45, 2.75) is 38.1 Å². The Labute approximate surface area is 119 Å². The minimum absolute atomic E-state index is 0.268. The molecule has 1 aliphatic carbocycles. The molecule has 0 atom stereocenters. The molecule has 106 valence electrons. The van der Waals surface area contributed by atoms with Crippen molar-refractivity contribution in [2.75, 3.05) is 7.11 Å². The number of methoxy groups -OCH3 is 1. The van der Waals surface area contributed by atoms with Crippen molar-refractivity contribution in [1.82, 2.24) is 9.97 Å². The molecular weight excluding hydrogens is 250 g/mol. The predicted molar refractivity (Wildman–Crippen MR) is 79.6 cm³/mol. The fraction of sp³-hybridized carbons (Fsp3) is 0.438. The summed E-state index contributed by atoms with van der Waals surface area (Å²) >= 11 is 0. The molecule has 4 heteroatoms. The summed E-state index contributed by atoms with van der Waals surface area (Å²) in [5.41, 5.74) is 9.35. The molecule has 1 saturated carbocycles. The summed E-state index contributed by atoms with van der Waals surface area (Å²) in [4.78, 5) is 8.15. The van der Waals surface area contributed by atoms with Crippen LogP contribution < -0.4 is 10.5 Å². The standard InChI is InChI=1S/C16H21N3O/c1-11-14(12-5-7-13(20-2)8-6-12)19-15(18-11)16(17)9-3-4-10-16/h5-8H,3-4,9-10,17H2,1-2H3,(H,18,19). The number of H-pyrrole nitrogens is 1. The van der Waals surface area contributed by atoms with Crippen LogP contribution in [0.1, 0.15) is 37.2 Å². The highest BCUT2D eigenvalue weighted by Gasteiger charge is 2.34. The zero-order valence-electron chi connectivity index (χ0n) is 12.1. The van der Waals surface area contributed by atoms with Crippen LogP contribution in [-0.4, -0.2) is 17.1 Å². The number of imidazole rings is 1. The zero-order chi connectivity index (χ0) is 14.2. The van der Waals surface area contributed by atoms with Crippen LogP contribution in [0.25, 0.3) is 11.3 Å². The lowest BCUT2D eigenvalue weighted by Gasteiger charge is -2.20. The van der Waals surface area contributed by atoms with E-state index >= 15 is 0 Å². The molecule has 0 saturated heterocycles. The Morgan fingerprint density at radius 1 is 1.20 bits per heavy atom. The van der Waals surface area contributed by atoms with Crippen LogP contribution in [0.2, 0.25) is 0 Å².